The quantitative estimate of drug-likeness (QED) is 0.691. The van der Waals surface area contributed by atoms with Crippen molar-refractivity contribution < 1.29 is 18.7 Å². The summed E-state index contributed by atoms with van der Waals surface area (Å²) in [6, 6.07) is 13.4. The number of benzene rings is 2. The molecule has 0 bridgehead atoms. The van der Waals surface area contributed by atoms with Gasteiger partial charge in [-0.1, -0.05) is 6.07 Å². The summed E-state index contributed by atoms with van der Waals surface area (Å²) in [6.45, 7) is 3.46. The van der Waals surface area contributed by atoms with E-state index in [-0.39, 0.29) is 5.88 Å². The smallest absolute Gasteiger partial charge is 0.271 e. The number of amides is 1. The highest BCUT2D eigenvalue weighted by Gasteiger charge is 2.18. The summed E-state index contributed by atoms with van der Waals surface area (Å²) in [4.78, 5) is 24.6. The van der Waals surface area contributed by atoms with Gasteiger partial charge in [0.2, 0.25) is 5.88 Å². The normalized spacial score (nSPS) is 11.6. The third-order valence-corrected chi connectivity index (χ3v) is 4.13. The number of aromatic nitrogens is 2. The van der Waals surface area contributed by atoms with Crippen LogP contribution in [0, 0.1) is 12.7 Å². The number of hydrogen-bond acceptors (Lipinski definition) is 5. The summed E-state index contributed by atoms with van der Waals surface area (Å²) in [5.41, 5.74) is 1.45. The molecule has 7 nitrogen and oxygen atoms in total. The third kappa shape index (κ3) is 4.78. The number of carbonyl (C=O) groups is 1. The van der Waals surface area contributed by atoms with E-state index in [1.165, 1.54) is 43.5 Å². The molecule has 0 unspecified atom stereocenters. The first-order chi connectivity index (χ1) is 13.9. The first-order valence-corrected chi connectivity index (χ1v) is 8.86. The van der Waals surface area contributed by atoms with Crippen LogP contribution in [-0.4, -0.2) is 28.9 Å². The Bertz CT molecular complexity index is 1080. The van der Waals surface area contributed by atoms with E-state index in [0.29, 0.717) is 17.1 Å². The molecular weight excluding hydrogens is 377 g/mol. The first kappa shape index (κ1) is 20.1. The number of rotatable bonds is 6. The Morgan fingerprint density at radius 2 is 1.86 bits per heavy atom. The molecule has 0 fully saturated rings. The summed E-state index contributed by atoms with van der Waals surface area (Å²) >= 11 is 0. The molecule has 3 rings (SSSR count). The SMILES string of the molecule is COc1ccc(C)cc1NC(=O)[C@H](C)Oc1ccc(=O)n(-c2ccc(F)cc2)n1. The van der Waals surface area contributed by atoms with Gasteiger partial charge in [0.1, 0.15) is 11.6 Å². The summed E-state index contributed by atoms with van der Waals surface area (Å²) in [5.74, 6) is -0.228. The average Bonchev–Trinajstić information content (AvgIpc) is 2.70. The molecular formula is C21H20FN3O4. The van der Waals surface area contributed by atoms with E-state index in [4.69, 9.17) is 9.47 Å². The minimum absolute atomic E-state index is 0.0767. The highest BCUT2D eigenvalue weighted by atomic mass is 19.1. The van der Waals surface area contributed by atoms with Gasteiger partial charge in [0.15, 0.2) is 6.10 Å². The van der Waals surface area contributed by atoms with E-state index < -0.39 is 23.4 Å². The molecule has 0 saturated carbocycles. The number of halogens is 1. The fourth-order valence-corrected chi connectivity index (χ4v) is 2.61. The minimum atomic E-state index is -0.896. The number of nitrogens with zero attached hydrogens (tertiary/aromatic N) is 2. The third-order valence-electron chi connectivity index (χ3n) is 4.13. The molecule has 0 aliphatic heterocycles. The van der Waals surface area contributed by atoms with Gasteiger partial charge in [0.25, 0.3) is 11.5 Å². The number of anilines is 1. The molecule has 3 aromatic rings. The van der Waals surface area contributed by atoms with E-state index >= 15 is 0 Å². The average molecular weight is 397 g/mol. The standard InChI is InChI=1S/C21H20FN3O4/c1-13-4-9-18(28-3)17(12-13)23-21(27)14(2)29-19-10-11-20(26)25(24-19)16-7-5-15(22)6-8-16/h4-12,14H,1-3H3,(H,23,27)/t14-/m0/s1. The molecule has 0 aliphatic rings. The molecule has 1 aromatic heterocycles. The fraction of sp³-hybridized carbons (Fsp3) is 0.190. The monoisotopic (exact) mass is 397 g/mol. The van der Waals surface area contributed by atoms with Gasteiger partial charge in [-0.3, -0.25) is 9.59 Å². The maximum absolute atomic E-state index is 13.1. The van der Waals surface area contributed by atoms with Crippen LogP contribution in [0.25, 0.3) is 5.69 Å². The highest BCUT2D eigenvalue weighted by molar-refractivity contribution is 5.95. The Balaban J connectivity index is 1.77. The lowest BCUT2D eigenvalue weighted by Crippen LogP contribution is -2.31. The van der Waals surface area contributed by atoms with Crippen molar-refractivity contribution in [2.24, 2.45) is 0 Å². The van der Waals surface area contributed by atoms with Crippen molar-refractivity contribution in [2.45, 2.75) is 20.0 Å². The lowest BCUT2D eigenvalue weighted by Gasteiger charge is -2.16. The molecule has 1 N–H and O–H groups in total. The van der Waals surface area contributed by atoms with Crippen molar-refractivity contribution in [3.8, 4) is 17.3 Å². The van der Waals surface area contributed by atoms with Gasteiger partial charge in [-0.15, -0.1) is 5.10 Å². The molecule has 29 heavy (non-hydrogen) atoms. The van der Waals surface area contributed by atoms with Gasteiger partial charge in [-0.25, -0.2) is 4.39 Å². The zero-order valence-corrected chi connectivity index (χ0v) is 16.2. The van der Waals surface area contributed by atoms with E-state index in [0.717, 1.165) is 10.2 Å². The van der Waals surface area contributed by atoms with Crippen molar-refractivity contribution in [3.05, 3.63) is 76.3 Å². The molecule has 0 spiro atoms. The molecule has 150 valence electrons. The van der Waals surface area contributed by atoms with Crippen LogP contribution in [0.15, 0.2) is 59.4 Å². The Kier molecular flexibility index (Phi) is 5.92. The van der Waals surface area contributed by atoms with Crippen molar-refractivity contribution in [1.82, 2.24) is 9.78 Å². The molecule has 1 heterocycles. The number of hydrogen-bond donors (Lipinski definition) is 1. The summed E-state index contributed by atoms with van der Waals surface area (Å²) in [7, 11) is 1.52. The maximum Gasteiger partial charge on any atom is 0.271 e. The van der Waals surface area contributed by atoms with Crippen molar-refractivity contribution in [1.29, 1.82) is 0 Å². The second-order valence-electron chi connectivity index (χ2n) is 6.35. The molecule has 2 aromatic carbocycles. The van der Waals surface area contributed by atoms with E-state index in [2.05, 4.69) is 10.4 Å². The second-order valence-corrected chi connectivity index (χ2v) is 6.35. The van der Waals surface area contributed by atoms with Gasteiger partial charge in [0, 0.05) is 12.1 Å². The van der Waals surface area contributed by atoms with Crippen LogP contribution in [0.3, 0.4) is 0 Å². The van der Waals surface area contributed by atoms with Crippen LogP contribution in [0.2, 0.25) is 0 Å². The predicted molar refractivity (Wildman–Crippen MR) is 106 cm³/mol. The summed E-state index contributed by atoms with van der Waals surface area (Å²) in [5, 5.41) is 6.86. The van der Waals surface area contributed by atoms with Crippen LogP contribution in [0.4, 0.5) is 10.1 Å². The molecule has 0 radical (unpaired) electrons. The highest BCUT2D eigenvalue weighted by Crippen LogP contribution is 2.25. The van der Waals surface area contributed by atoms with E-state index in [1.807, 2.05) is 13.0 Å². The zero-order valence-electron chi connectivity index (χ0n) is 16.2. The molecule has 0 saturated heterocycles. The number of ether oxygens (including phenoxy) is 2. The largest absolute Gasteiger partial charge is 0.495 e. The van der Waals surface area contributed by atoms with Crippen LogP contribution in [-0.2, 0) is 4.79 Å². The van der Waals surface area contributed by atoms with Crippen LogP contribution >= 0.6 is 0 Å². The lowest BCUT2D eigenvalue weighted by atomic mass is 10.2. The molecule has 1 atom stereocenters. The Labute approximate surface area is 166 Å². The van der Waals surface area contributed by atoms with Crippen molar-refractivity contribution >= 4 is 11.6 Å². The second kappa shape index (κ2) is 8.55. The van der Waals surface area contributed by atoms with E-state index in [9.17, 15) is 14.0 Å². The minimum Gasteiger partial charge on any atom is -0.495 e. The fourth-order valence-electron chi connectivity index (χ4n) is 2.61. The first-order valence-electron chi connectivity index (χ1n) is 8.86. The Morgan fingerprint density at radius 1 is 1.14 bits per heavy atom. The summed E-state index contributed by atoms with van der Waals surface area (Å²) < 4.78 is 25.0. The molecule has 0 aliphatic carbocycles. The van der Waals surface area contributed by atoms with Gasteiger partial charge in [-0.05, 0) is 55.8 Å². The van der Waals surface area contributed by atoms with Crippen molar-refractivity contribution in [2.75, 3.05) is 12.4 Å². The molecule has 8 heteroatoms. The van der Waals surface area contributed by atoms with Crippen LogP contribution in [0.5, 0.6) is 11.6 Å². The van der Waals surface area contributed by atoms with E-state index in [1.54, 1.807) is 19.1 Å². The number of carbonyl (C=O) groups excluding carboxylic acids is 1. The Morgan fingerprint density at radius 3 is 2.55 bits per heavy atom. The zero-order chi connectivity index (χ0) is 21.0. The van der Waals surface area contributed by atoms with Gasteiger partial charge >= 0.3 is 0 Å². The van der Waals surface area contributed by atoms with Crippen LogP contribution < -0.4 is 20.3 Å². The van der Waals surface area contributed by atoms with Gasteiger partial charge in [0.05, 0.1) is 18.5 Å². The van der Waals surface area contributed by atoms with Gasteiger partial charge in [-0.2, -0.15) is 4.68 Å². The number of methoxy groups -OCH3 is 1. The summed E-state index contributed by atoms with van der Waals surface area (Å²) in [6.07, 6.45) is -0.896. The lowest BCUT2D eigenvalue weighted by molar-refractivity contribution is -0.122. The van der Waals surface area contributed by atoms with Crippen molar-refractivity contribution in [3.63, 3.8) is 0 Å². The topological polar surface area (TPSA) is 82.5 Å². The number of aryl methyl sites for hydroxylation is 1. The Hall–Kier alpha value is -3.68. The van der Waals surface area contributed by atoms with Crippen LogP contribution in [0.1, 0.15) is 12.5 Å². The number of nitrogens with one attached hydrogen (secondary N) is 1. The maximum atomic E-state index is 13.1. The molecule has 1 amide bonds. The van der Waals surface area contributed by atoms with Gasteiger partial charge < -0.3 is 14.8 Å². The predicted octanol–water partition coefficient (Wildman–Crippen LogP) is 3.09.